The van der Waals surface area contributed by atoms with Gasteiger partial charge < -0.3 is 5.32 Å². The molecule has 0 radical (unpaired) electrons. The molecule has 2 heteroatoms. The summed E-state index contributed by atoms with van der Waals surface area (Å²) in [5, 5.41) is 2.98. The van der Waals surface area contributed by atoms with Crippen LogP contribution in [0.15, 0.2) is 0 Å². The number of amides is 1. The van der Waals surface area contributed by atoms with Gasteiger partial charge in [0.1, 0.15) is 0 Å². The van der Waals surface area contributed by atoms with E-state index in [1.165, 1.54) is 12.8 Å². The molecule has 0 aromatic heterocycles. The Hall–Kier alpha value is -0.530. The lowest BCUT2D eigenvalue weighted by molar-refractivity contribution is -0.124. The number of hydrogen-bond donors (Lipinski definition) is 1. The van der Waals surface area contributed by atoms with Crippen LogP contribution in [-0.2, 0) is 4.79 Å². The predicted octanol–water partition coefficient (Wildman–Crippen LogP) is 2.58. The first-order valence-corrected chi connectivity index (χ1v) is 5.39. The van der Waals surface area contributed by atoms with E-state index in [4.69, 9.17) is 0 Å². The van der Waals surface area contributed by atoms with Crippen LogP contribution >= 0.6 is 0 Å². The van der Waals surface area contributed by atoms with Gasteiger partial charge in [-0.1, -0.05) is 40.5 Å². The summed E-state index contributed by atoms with van der Waals surface area (Å²) in [7, 11) is 0. The summed E-state index contributed by atoms with van der Waals surface area (Å²) in [5.41, 5.74) is 0. The molecule has 13 heavy (non-hydrogen) atoms. The van der Waals surface area contributed by atoms with Crippen molar-refractivity contribution in [1.82, 2.24) is 5.32 Å². The molecule has 0 aliphatic rings. The van der Waals surface area contributed by atoms with Crippen LogP contribution in [-0.4, -0.2) is 12.5 Å². The van der Waals surface area contributed by atoms with E-state index < -0.39 is 0 Å². The van der Waals surface area contributed by atoms with Crippen molar-refractivity contribution in [3.05, 3.63) is 0 Å². The highest BCUT2D eigenvalue weighted by Crippen LogP contribution is 2.09. The van der Waals surface area contributed by atoms with Crippen LogP contribution < -0.4 is 5.32 Å². The van der Waals surface area contributed by atoms with Gasteiger partial charge in [0.2, 0.25) is 5.91 Å². The van der Waals surface area contributed by atoms with Gasteiger partial charge in [-0.15, -0.1) is 0 Å². The lowest BCUT2D eigenvalue weighted by Crippen LogP contribution is -2.32. The topological polar surface area (TPSA) is 29.1 Å². The zero-order chi connectivity index (χ0) is 10.3. The molecule has 0 fully saturated rings. The van der Waals surface area contributed by atoms with Crippen LogP contribution in [0.5, 0.6) is 0 Å². The Morgan fingerprint density at radius 3 is 2.31 bits per heavy atom. The molecule has 0 aliphatic heterocycles. The van der Waals surface area contributed by atoms with E-state index >= 15 is 0 Å². The summed E-state index contributed by atoms with van der Waals surface area (Å²) < 4.78 is 0. The Balaban J connectivity index is 3.65. The Morgan fingerprint density at radius 1 is 1.31 bits per heavy atom. The molecule has 0 rings (SSSR count). The molecular formula is C11H23NO. The predicted molar refractivity (Wildman–Crippen MR) is 56.5 cm³/mol. The van der Waals surface area contributed by atoms with Gasteiger partial charge in [0.05, 0.1) is 0 Å². The average Bonchev–Trinajstić information content (AvgIpc) is 2.11. The van der Waals surface area contributed by atoms with Gasteiger partial charge in [0, 0.05) is 12.5 Å². The van der Waals surface area contributed by atoms with Crippen LogP contribution in [0.3, 0.4) is 0 Å². The minimum absolute atomic E-state index is 0.110. The Kier molecular flexibility index (Phi) is 6.65. The summed E-state index contributed by atoms with van der Waals surface area (Å²) in [6.45, 7) is 9.07. The number of nitrogens with one attached hydrogen (secondary N) is 1. The molecule has 1 N–H and O–H groups in total. The Bertz CT molecular complexity index is 143. The molecule has 1 atom stereocenters. The maximum Gasteiger partial charge on any atom is 0.222 e. The van der Waals surface area contributed by atoms with Gasteiger partial charge in [-0.25, -0.2) is 0 Å². The highest BCUT2D eigenvalue weighted by Gasteiger charge is 2.09. The van der Waals surface area contributed by atoms with E-state index in [0.29, 0.717) is 5.92 Å². The van der Waals surface area contributed by atoms with Crippen molar-refractivity contribution >= 4 is 5.91 Å². The second-order valence-electron chi connectivity index (χ2n) is 3.96. The fourth-order valence-electron chi connectivity index (χ4n) is 1.31. The molecule has 0 aromatic carbocycles. The number of hydrogen-bond acceptors (Lipinski definition) is 1. The first kappa shape index (κ1) is 12.5. The van der Waals surface area contributed by atoms with E-state index in [9.17, 15) is 4.79 Å². The SMILES string of the molecule is CCCC(CC)CNC(=O)C(C)C. The lowest BCUT2D eigenvalue weighted by Gasteiger charge is -2.15. The quantitative estimate of drug-likeness (QED) is 0.677. The fourth-order valence-corrected chi connectivity index (χ4v) is 1.31. The van der Waals surface area contributed by atoms with Gasteiger partial charge in [0.25, 0.3) is 0 Å². The third-order valence-corrected chi connectivity index (χ3v) is 2.36. The van der Waals surface area contributed by atoms with Crippen molar-refractivity contribution in [3.8, 4) is 0 Å². The average molecular weight is 185 g/mol. The van der Waals surface area contributed by atoms with Crippen molar-refractivity contribution in [2.45, 2.75) is 47.0 Å². The van der Waals surface area contributed by atoms with Crippen molar-refractivity contribution in [2.24, 2.45) is 11.8 Å². The van der Waals surface area contributed by atoms with E-state index in [2.05, 4.69) is 19.2 Å². The van der Waals surface area contributed by atoms with Crippen molar-refractivity contribution in [3.63, 3.8) is 0 Å². The summed E-state index contributed by atoms with van der Waals surface area (Å²) >= 11 is 0. The summed E-state index contributed by atoms with van der Waals surface area (Å²) in [6, 6.07) is 0. The van der Waals surface area contributed by atoms with E-state index in [1.54, 1.807) is 0 Å². The second-order valence-corrected chi connectivity index (χ2v) is 3.96. The summed E-state index contributed by atoms with van der Waals surface area (Å²) in [5.74, 6) is 0.946. The number of carbonyl (C=O) groups is 1. The monoisotopic (exact) mass is 185 g/mol. The summed E-state index contributed by atoms with van der Waals surface area (Å²) in [4.78, 5) is 11.3. The minimum atomic E-state index is 0.110. The first-order valence-electron chi connectivity index (χ1n) is 5.39. The smallest absolute Gasteiger partial charge is 0.222 e. The molecule has 0 saturated heterocycles. The standard InChI is InChI=1S/C11H23NO/c1-5-7-10(6-2)8-12-11(13)9(3)4/h9-10H,5-8H2,1-4H3,(H,12,13). The molecule has 1 unspecified atom stereocenters. The fraction of sp³-hybridized carbons (Fsp3) is 0.909. The highest BCUT2D eigenvalue weighted by molar-refractivity contribution is 5.77. The highest BCUT2D eigenvalue weighted by atomic mass is 16.1. The van der Waals surface area contributed by atoms with Crippen LogP contribution in [0, 0.1) is 11.8 Å². The maximum absolute atomic E-state index is 11.3. The molecule has 2 nitrogen and oxygen atoms in total. The molecule has 0 aromatic rings. The van der Waals surface area contributed by atoms with Gasteiger partial charge in [-0.3, -0.25) is 4.79 Å². The zero-order valence-corrected chi connectivity index (χ0v) is 9.39. The third-order valence-electron chi connectivity index (χ3n) is 2.36. The van der Waals surface area contributed by atoms with Crippen LogP contribution in [0.25, 0.3) is 0 Å². The van der Waals surface area contributed by atoms with Gasteiger partial charge in [0.15, 0.2) is 0 Å². The van der Waals surface area contributed by atoms with Gasteiger partial charge in [-0.05, 0) is 12.3 Å². The largest absolute Gasteiger partial charge is 0.356 e. The number of rotatable bonds is 6. The zero-order valence-electron chi connectivity index (χ0n) is 9.39. The molecule has 0 saturated carbocycles. The lowest BCUT2D eigenvalue weighted by atomic mass is 10.0. The normalized spacial score (nSPS) is 13.0. The molecule has 0 heterocycles. The van der Waals surface area contributed by atoms with Crippen LogP contribution in [0.2, 0.25) is 0 Å². The van der Waals surface area contributed by atoms with Gasteiger partial charge in [-0.2, -0.15) is 0 Å². The van der Waals surface area contributed by atoms with Crippen LogP contribution in [0.4, 0.5) is 0 Å². The van der Waals surface area contributed by atoms with E-state index in [-0.39, 0.29) is 11.8 Å². The van der Waals surface area contributed by atoms with E-state index in [1.807, 2.05) is 13.8 Å². The summed E-state index contributed by atoms with van der Waals surface area (Å²) in [6.07, 6.45) is 3.58. The first-order chi connectivity index (χ1) is 6.11. The van der Waals surface area contributed by atoms with Crippen molar-refractivity contribution in [2.75, 3.05) is 6.54 Å². The van der Waals surface area contributed by atoms with Crippen LogP contribution in [0.1, 0.15) is 47.0 Å². The third kappa shape index (κ3) is 5.67. The molecule has 78 valence electrons. The minimum Gasteiger partial charge on any atom is -0.356 e. The van der Waals surface area contributed by atoms with Crippen molar-refractivity contribution in [1.29, 1.82) is 0 Å². The van der Waals surface area contributed by atoms with E-state index in [0.717, 1.165) is 13.0 Å². The van der Waals surface area contributed by atoms with Crippen molar-refractivity contribution < 1.29 is 4.79 Å². The Labute approximate surface area is 82.1 Å². The molecule has 1 amide bonds. The Morgan fingerprint density at radius 2 is 1.92 bits per heavy atom. The molecule has 0 spiro atoms. The second kappa shape index (κ2) is 6.93. The molecular weight excluding hydrogens is 162 g/mol. The number of carbonyl (C=O) groups excluding carboxylic acids is 1. The molecule has 0 aliphatic carbocycles. The van der Waals surface area contributed by atoms with Gasteiger partial charge >= 0.3 is 0 Å². The maximum atomic E-state index is 11.3. The molecule has 0 bridgehead atoms.